The number of hydrogen-bond donors (Lipinski definition) is 1. The van der Waals surface area contributed by atoms with Crippen LogP contribution in [0.25, 0.3) is 0 Å². The van der Waals surface area contributed by atoms with Crippen molar-refractivity contribution in [2.24, 2.45) is 11.3 Å². The van der Waals surface area contributed by atoms with Crippen LogP contribution in [0.4, 0.5) is 0 Å². The third kappa shape index (κ3) is 5.27. The second-order valence-corrected chi connectivity index (χ2v) is 6.85. The fourth-order valence-electron chi connectivity index (χ4n) is 2.77. The summed E-state index contributed by atoms with van der Waals surface area (Å²) >= 11 is 0. The van der Waals surface area contributed by atoms with Gasteiger partial charge in [-0.3, -0.25) is 0 Å². The van der Waals surface area contributed by atoms with Crippen molar-refractivity contribution in [1.29, 1.82) is 0 Å². The molecule has 1 fully saturated rings. The summed E-state index contributed by atoms with van der Waals surface area (Å²) in [6.45, 7) is 13.2. The van der Waals surface area contributed by atoms with E-state index in [0.29, 0.717) is 5.41 Å². The van der Waals surface area contributed by atoms with Crippen LogP contribution in [0.5, 0.6) is 0 Å². The van der Waals surface area contributed by atoms with E-state index >= 15 is 0 Å². The average molecular weight is 254 g/mol. The van der Waals surface area contributed by atoms with E-state index in [1.807, 2.05) is 0 Å². The first-order chi connectivity index (χ1) is 8.49. The number of nitrogens with one attached hydrogen (secondary N) is 1. The van der Waals surface area contributed by atoms with Gasteiger partial charge in [0.15, 0.2) is 0 Å². The van der Waals surface area contributed by atoms with Crippen LogP contribution in [0.1, 0.15) is 59.8 Å². The van der Waals surface area contributed by atoms with Gasteiger partial charge in [-0.05, 0) is 57.2 Å². The van der Waals surface area contributed by atoms with E-state index in [-0.39, 0.29) is 0 Å². The van der Waals surface area contributed by atoms with Crippen LogP contribution in [0.2, 0.25) is 0 Å². The number of likely N-dealkylation sites (tertiary alicyclic amines) is 1. The molecule has 0 saturated carbocycles. The van der Waals surface area contributed by atoms with Crippen LogP contribution in [-0.4, -0.2) is 37.6 Å². The van der Waals surface area contributed by atoms with Crippen molar-refractivity contribution < 1.29 is 0 Å². The summed E-state index contributed by atoms with van der Waals surface area (Å²) in [5.74, 6) is 0.854. The van der Waals surface area contributed by atoms with Gasteiger partial charge in [0.25, 0.3) is 0 Å². The summed E-state index contributed by atoms with van der Waals surface area (Å²) in [4.78, 5) is 2.46. The molecule has 1 N–H and O–H groups in total. The van der Waals surface area contributed by atoms with Crippen LogP contribution < -0.4 is 5.32 Å². The maximum Gasteiger partial charge on any atom is 0.00672 e. The maximum absolute atomic E-state index is 3.84. The van der Waals surface area contributed by atoms with Gasteiger partial charge in [-0.1, -0.05) is 34.1 Å². The molecule has 0 aliphatic carbocycles. The van der Waals surface area contributed by atoms with Gasteiger partial charge in [-0.25, -0.2) is 0 Å². The Kier molecular flexibility index (Phi) is 6.65. The van der Waals surface area contributed by atoms with Gasteiger partial charge in [0.05, 0.1) is 0 Å². The largest absolute Gasteiger partial charge is 0.313 e. The van der Waals surface area contributed by atoms with E-state index in [4.69, 9.17) is 0 Å². The van der Waals surface area contributed by atoms with Crippen molar-refractivity contribution in [3.8, 4) is 0 Å². The van der Waals surface area contributed by atoms with Crippen LogP contribution >= 0.6 is 0 Å². The SMILES string of the molecule is CCC(C)CC(CC)NCC1(C)CCN(C)CC1. The van der Waals surface area contributed by atoms with Crippen molar-refractivity contribution in [1.82, 2.24) is 10.2 Å². The highest BCUT2D eigenvalue weighted by Crippen LogP contribution is 2.29. The van der Waals surface area contributed by atoms with Crippen LogP contribution in [0.15, 0.2) is 0 Å². The molecule has 1 aliphatic heterocycles. The molecule has 2 heteroatoms. The van der Waals surface area contributed by atoms with E-state index in [9.17, 15) is 0 Å². The second kappa shape index (κ2) is 7.49. The zero-order valence-electron chi connectivity index (χ0n) is 13.3. The number of piperidine rings is 1. The average Bonchev–Trinajstić information content (AvgIpc) is 2.38. The molecule has 0 aromatic carbocycles. The molecule has 1 aliphatic rings. The first kappa shape index (κ1) is 16.0. The van der Waals surface area contributed by atoms with Gasteiger partial charge in [0.1, 0.15) is 0 Å². The first-order valence-corrected chi connectivity index (χ1v) is 7.91. The van der Waals surface area contributed by atoms with Gasteiger partial charge in [-0.2, -0.15) is 0 Å². The lowest BCUT2D eigenvalue weighted by Gasteiger charge is -2.39. The van der Waals surface area contributed by atoms with Crippen LogP contribution in [-0.2, 0) is 0 Å². The molecular weight excluding hydrogens is 220 g/mol. The van der Waals surface area contributed by atoms with Crippen molar-refractivity contribution in [2.75, 3.05) is 26.7 Å². The van der Waals surface area contributed by atoms with E-state index in [1.54, 1.807) is 0 Å². The van der Waals surface area contributed by atoms with Crippen molar-refractivity contribution in [3.05, 3.63) is 0 Å². The fourth-order valence-corrected chi connectivity index (χ4v) is 2.77. The van der Waals surface area contributed by atoms with Crippen molar-refractivity contribution >= 4 is 0 Å². The molecule has 2 unspecified atom stereocenters. The van der Waals surface area contributed by atoms with Gasteiger partial charge in [0.2, 0.25) is 0 Å². The lowest BCUT2D eigenvalue weighted by atomic mass is 9.80. The summed E-state index contributed by atoms with van der Waals surface area (Å²) in [6, 6.07) is 0.719. The lowest BCUT2D eigenvalue weighted by molar-refractivity contribution is 0.131. The molecule has 0 aromatic heterocycles. The normalized spacial score (nSPS) is 23.8. The Balaban J connectivity index is 2.33. The molecule has 0 amide bonds. The fraction of sp³-hybridized carbons (Fsp3) is 1.00. The molecule has 0 radical (unpaired) electrons. The molecule has 0 spiro atoms. The zero-order chi connectivity index (χ0) is 13.6. The molecule has 108 valence electrons. The number of nitrogens with zero attached hydrogens (tertiary/aromatic N) is 1. The van der Waals surface area contributed by atoms with Crippen molar-refractivity contribution in [2.45, 2.75) is 65.8 Å². The van der Waals surface area contributed by atoms with E-state index in [2.05, 4.69) is 45.0 Å². The molecule has 0 bridgehead atoms. The number of rotatable bonds is 7. The minimum absolute atomic E-state index is 0.523. The maximum atomic E-state index is 3.84. The van der Waals surface area contributed by atoms with E-state index in [1.165, 1.54) is 51.7 Å². The molecule has 18 heavy (non-hydrogen) atoms. The molecule has 1 rings (SSSR count). The Bertz CT molecular complexity index is 219. The molecule has 2 nitrogen and oxygen atoms in total. The van der Waals surface area contributed by atoms with Gasteiger partial charge in [-0.15, -0.1) is 0 Å². The summed E-state index contributed by atoms with van der Waals surface area (Å²) in [5.41, 5.74) is 0.523. The van der Waals surface area contributed by atoms with E-state index in [0.717, 1.165) is 12.0 Å². The second-order valence-electron chi connectivity index (χ2n) is 6.85. The van der Waals surface area contributed by atoms with Gasteiger partial charge >= 0.3 is 0 Å². The zero-order valence-corrected chi connectivity index (χ0v) is 13.3. The summed E-state index contributed by atoms with van der Waals surface area (Å²) in [6.07, 6.45) is 6.59. The minimum atomic E-state index is 0.523. The van der Waals surface area contributed by atoms with Crippen LogP contribution in [0, 0.1) is 11.3 Å². The Morgan fingerprint density at radius 2 is 1.78 bits per heavy atom. The predicted octanol–water partition coefficient (Wildman–Crippen LogP) is 3.52. The molecule has 2 atom stereocenters. The molecular formula is C16H34N2. The highest BCUT2D eigenvalue weighted by molar-refractivity contribution is 4.84. The summed E-state index contributed by atoms with van der Waals surface area (Å²) in [7, 11) is 2.24. The topological polar surface area (TPSA) is 15.3 Å². The Hall–Kier alpha value is -0.0800. The molecule has 1 heterocycles. The highest BCUT2D eigenvalue weighted by atomic mass is 15.1. The van der Waals surface area contributed by atoms with E-state index < -0.39 is 0 Å². The van der Waals surface area contributed by atoms with Gasteiger partial charge in [0, 0.05) is 12.6 Å². The smallest absolute Gasteiger partial charge is 0.00672 e. The quantitative estimate of drug-likeness (QED) is 0.748. The number of hydrogen-bond acceptors (Lipinski definition) is 2. The first-order valence-electron chi connectivity index (χ1n) is 7.91. The Morgan fingerprint density at radius 1 is 1.17 bits per heavy atom. The summed E-state index contributed by atoms with van der Waals surface area (Å²) < 4.78 is 0. The minimum Gasteiger partial charge on any atom is -0.313 e. The molecule has 1 saturated heterocycles. The monoisotopic (exact) mass is 254 g/mol. The predicted molar refractivity (Wildman–Crippen MR) is 81.0 cm³/mol. The highest BCUT2D eigenvalue weighted by Gasteiger charge is 2.29. The standard InChI is InChI=1S/C16H34N2/c1-6-14(3)12-15(7-2)17-13-16(4)8-10-18(5)11-9-16/h14-15,17H,6-13H2,1-5H3. The third-order valence-electron chi connectivity index (χ3n) is 4.89. The Morgan fingerprint density at radius 3 is 2.28 bits per heavy atom. The third-order valence-corrected chi connectivity index (χ3v) is 4.89. The Labute approximate surface area is 115 Å². The molecule has 0 aromatic rings. The summed E-state index contributed by atoms with van der Waals surface area (Å²) in [5, 5.41) is 3.84. The lowest BCUT2D eigenvalue weighted by Crippen LogP contribution is -2.44. The van der Waals surface area contributed by atoms with Gasteiger partial charge < -0.3 is 10.2 Å². The van der Waals surface area contributed by atoms with Crippen molar-refractivity contribution in [3.63, 3.8) is 0 Å². The van der Waals surface area contributed by atoms with Crippen LogP contribution in [0.3, 0.4) is 0 Å².